The molecule has 2 aliphatic carbocycles. The molecule has 0 saturated heterocycles. The highest BCUT2D eigenvalue weighted by atomic mass is 19.2. The maximum atomic E-state index is 14.9. The van der Waals surface area contributed by atoms with Gasteiger partial charge in [-0.1, -0.05) is 51.5 Å². The molecular formula is C29H44F2O3. The number of unbranched alkanes of at least 4 members (excludes halogenated alkanes) is 2. The molecule has 2 aliphatic rings. The van der Waals surface area contributed by atoms with Crippen molar-refractivity contribution in [2.24, 2.45) is 17.8 Å². The van der Waals surface area contributed by atoms with Crippen molar-refractivity contribution in [1.29, 1.82) is 0 Å². The van der Waals surface area contributed by atoms with Gasteiger partial charge in [-0.3, -0.25) is 4.79 Å². The van der Waals surface area contributed by atoms with E-state index in [0.29, 0.717) is 18.6 Å². The summed E-state index contributed by atoms with van der Waals surface area (Å²) in [7, 11) is 0. The summed E-state index contributed by atoms with van der Waals surface area (Å²) in [6.45, 7) is 4.51. The van der Waals surface area contributed by atoms with E-state index >= 15 is 0 Å². The minimum atomic E-state index is -0.905. The summed E-state index contributed by atoms with van der Waals surface area (Å²) in [5.74, 6) is 0.559. The predicted molar refractivity (Wildman–Crippen MR) is 132 cm³/mol. The Morgan fingerprint density at radius 2 is 1.56 bits per heavy atom. The molecule has 2 saturated carbocycles. The van der Waals surface area contributed by atoms with Crippen molar-refractivity contribution in [3.63, 3.8) is 0 Å². The Bertz CT molecular complexity index is 750. The van der Waals surface area contributed by atoms with Gasteiger partial charge in [0.2, 0.25) is 5.82 Å². The molecule has 0 spiro atoms. The zero-order valence-corrected chi connectivity index (χ0v) is 21.3. The first-order valence-corrected chi connectivity index (χ1v) is 13.8. The molecular weight excluding hydrogens is 434 g/mol. The second kappa shape index (κ2) is 14.0. The highest BCUT2D eigenvalue weighted by Gasteiger charge is 2.32. The van der Waals surface area contributed by atoms with E-state index in [1.807, 2.05) is 0 Å². The van der Waals surface area contributed by atoms with E-state index in [0.717, 1.165) is 43.4 Å². The molecule has 3 rings (SSSR count). The van der Waals surface area contributed by atoms with Gasteiger partial charge in [-0.15, -0.1) is 0 Å². The smallest absolute Gasteiger partial charge is 0.305 e. The Labute approximate surface area is 205 Å². The van der Waals surface area contributed by atoms with Crippen LogP contribution < -0.4 is 4.74 Å². The van der Waals surface area contributed by atoms with E-state index in [-0.39, 0.29) is 30.7 Å². The van der Waals surface area contributed by atoms with Crippen molar-refractivity contribution in [1.82, 2.24) is 0 Å². The van der Waals surface area contributed by atoms with Crippen LogP contribution in [0.15, 0.2) is 12.1 Å². The maximum Gasteiger partial charge on any atom is 0.305 e. The molecule has 5 heteroatoms. The number of hydrogen-bond donors (Lipinski definition) is 0. The third kappa shape index (κ3) is 7.68. The van der Waals surface area contributed by atoms with E-state index < -0.39 is 11.6 Å². The summed E-state index contributed by atoms with van der Waals surface area (Å²) >= 11 is 0. The van der Waals surface area contributed by atoms with Gasteiger partial charge in [-0.2, -0.15) is 4.39 Å². The van der Waals surface area contributed by atoms with E-state index in [1.54, 1.807) is 19.1 Å². The summed E-state index contributed by atoms with van der Waals surface area (Å²) in [6, 6.07) is 3.25. The molecule has 0 aliphatic heterocycles. The molecule has 0 amide bonds. The number of carbonyl (C=O) groups is 1. The molecule has 2 fully saturated rings. The number of rotatable bonds is 12. The number of carbonyl (C=O) groups excluding carboxylic acids is 1. The van der Waals surface area contributed by atoms with Crippen LogP contribution in [-0.2, 0) is 9.53 Å². The van der Waals surface area contributed by atoms with Crippen LogP contribution in [0.1, 0.15) is 115 Å². The minimum absolute atomic E-state index is 0.0745. The van der Waals surface area contributed by atoms with Crippen LogP contribution in [0.25, 0.3) is 0 Å². The van der Waals surface area contributed by atoms with Gasteiger partial charge >= 0.3 is 5.97 Å². The van der Waals surface area contributed by atoms with Crippen LogP contribution in [0.2, 0.25) is 0 Å². The summed E-state index contributed by atoms with van der Waals surface area (Å²) in [4.78, 5) is 11.4. The quantitative estimate of drug-likeness (QED) is 0.224. The van der Waals surface area contributed by atoms with E-state index in [1.165, 1.54) is 51.4 Å². The first-order chi connectivity index (χ1) is 16.5. The highest BCUT2D eigenvalue weighted by Crippen LogP contribution is 2.45. The molecule has 0 unspecified atom stereocenters. The van der Waals surface area contributed by atoms with Gasteiger partial charge in [0.25, 0.3) is 0 Å². The molecule has 34 heavy (non-hydrogen) atoms. The Morgan fingerprint density at radius 3 is 2.21 bits per heavy atom. The average molecular weight is 479 g/mol. The third-order valence-corrected chi connectivity index (χ3v) is 8.15. The fraction of sp³-hybridized carbons (Fsp3) is 0.759. The predicted octanol–water partition coefficient (Wildman–Crippen LogP) is 8.35. The lowest BCUT2D eigenvalue weighted by Gasteiger charge is -2.38. The Hall–Kier alpha value is -1.65. The van der Waals surface area contributed by atoms with Crippen LogP contribution in [0, 0.1) is 29.4 Å². The van der Waals surface area contributed by atoms with Crippen molar-refractivity contribution in [2.45, 2.75) is 110 Å². The van der Waals surface area contributed by atoms with Crippen molar-refractivity contribution in [3.8, 4) is 5.75 Å². The zero-order chi connectivity index (χ0) is 24.3. The zero-order valence-electron chi connectivity index (χ0n) is 21.3. The topological polar surface area (TPSA) is 35.5 Å². The molecule has 3 nitrogen and oxygen atoms in total. The second-order valence-corrected chi connectivity index (χ2v) is 10.4. The van der Waals surface area contributed by atoms with Crippen LogP contribution in [0.4, 0.5) is 8.78 Å². The van der Waals surface area contributed by atoms with Gasteiger partial charge in [0.15, 0.2) is 11.6 Å². The van der Waals surface area contributed by atoms with Crippen molar-refractivity contribution < 1.29 is 23.0 Å². The number of ether oxygens (including phenoxy) is 2. The Morgan fingerprint density at radius 1 is 0.882 bits per heavy atom. The second-order valence-electron chi connectivity index (χ2n) is 10.4. The van der Waals surface area contributed by atoms with Crippen molar-refractivity contribution in [2.75, 3.05) is 13.2 Å². The SMILES string of the molecule is CCCCCC1CCC(C2CCC(c3ccc(OCCCC(=O)OCC)c(F)c3F)CC2)CC1. The molecule has 192 valence electrons. The van der Waals surface area contributed by atoms with Crippen molar-refractivity contribution in [3.05, 3.63) is 29.3 Å². The van der Waals surface area contributed by atoms with Crippen LogP contribution in [-0.4, -0.2) is 19.2 Å². The molecule has 0 N–H and O–H groups in total. The lowest BCUT2D eigenvalue weighted by Crippen LogP contribution is -2.25. The number of halogens is 2. The molecule has 1 aromatic carbocycles. The molecule has 0 atom stereocenters. The van der Waals surface area contributed by atoms with Crippen LogP contribution in [0.3, 0.4) is 0 Å². The van der Waals surface area contributed by atoms with Crippen LogP contribution in [0.5, 0.6) is 5.75 Å². The van der Waals surface area contributed by atoms with E-state index in [9.17, 15) is 13.6 Å². The molecule has 0 radical (unpaired) electrons. The van der Waals surface area contributed by atoms with Gasteiger partial charge < -0.3 is 9.47 Å². The molecule has 0 heterocycles. The summed E-state index contributed by atoms with van der Waals surface area (Å²) in [5, 5.41) is 0. The van der Waals surface area contributed by atoms with Gasteiger partial charge in [-0.05, 0) is 87.2 Å². The van der Waals surface area contributed by atoms with E-state index in [2.05, 4.69) is 6.92 Å². The molecule has 0 bridgehead atoms. The fourth-order valence-corrected chi connectivity index (χ4v) is 6.14. The van der Waals surface area contributed by atoms with Gasteiger partial charge in [0.1, 0.15) is 0 Å². The van der Waals surface area contributed by atoms with Gasteiger partial charge in [0, 0.05) is 6.42 Å². The average Bonchev–Trinajstić information content (AvgIpc) is 2.85. The number of esters is 1. The van der Waals surface area contributed by atoms with E-state index in [4.69, 9.17) is 9.47 Å². The molecule has 1 aromatic rings. The van der Waals surface area contributed by atoms with Gasteiger partial charge in [0.05, 0.1) is 13.2 Å². The lowest BCUT2D eigenvalue weighted by molar-refractivity contribution is -0.143. The standard InChI is InChI=1S/C29H44F2O3/c1-3-5-6-8-21-10-12-22(13-11-21)23-14-16-24(17-15-23)25-18-19-26(29(31)28(25)30)34-20-7-9-27(32)33-4-2/h18-19,21-24H,3-17,20H2,1-2H3. The fourth-order valence-electron chi connectivity index (χ4n) is 6.14. The normalized spacial score (nSPS) is 25.2. The minimum Gasteiger partial charge on any atom is -0.490 e. The third-order valence-electron chi connectivity index (χ3n) is 8.15. The van der Waals surface area contributed by atoms with Gasteiger partial charge in [-0.25, -0.2) is 4.39 Å². The monoisotopic (exact) mass is 478 g/mol. The largest absolute Gasteiger partial charge is 0.490 e. The first kappa shape index (κ1) is 26.9. The van der Waals surface area contributed by atoms with Crippen LogP contribution >= 0.6 is 0 Å². The summed E-state index contributed by atoms with van der Waals surface area (Å²) < 4.78 is 39.8. The Kier molecular flexibility index (Phi) is 11.1. The lowest BCUT2D eigenvalue weighted by atomic mass is 9.68. The van der Waals surface area contributed by atoms with Crippen molar-refractivity contribution >= 4 is 5.97 Å². The highest BCUT2D eigenvalue weighted by molar-refractivity contribution is 5.69. The number of hydrogen-bond acceptors (Lipinski definition) is 3. The maximum absolute atomic E-state index is 14.9. The Balaban J connectivity index is 1.43. The first-order valence-electron chi connectivity index (χ1n) is 13.8. The number of benzene rings is 1. The summed E-state index contributed by atoms with van der Waals surface area (Å²) in [5.41, 5.74) is 0.495. The summed E-state index contributed by atoms with van der Waals surface area (Å²) in [6.07, 6.45) is 15.7. The molecule has 0 aromatic heterocycles.